The average Bonchev–Trinajstić information content (AvgIpc) is 2.64. The smallest absolute Gasteiger partial charge is 0.151 e. The number of rotatable bonds is 5. The van der Waals surface area contributed by atoms with Gasteiger partial charge < -0.3 is 5.32 Å². The van der Waals surface area contributed by atoms with E-state index in [4.69, 9.17) is 0 Å². The van der Waals surface area contributed by atoms with Gasteiger partial charge in [-0.25, -0.2) is 8.42 Å². The van der Waals surface area contributed by atoms with E-state index in [9.17, 15) is 8.42 Å². The molecule has 5 heteroatoms. The predicted molar refractivity (Wildman–Crippen MR) is 65.0 cm³/mol. The summed E-state index contributed by atoms with van der Waals surface area (Å²) in [5.74, 6) is 0. The molecule has 0 aliphatic rings. The van der Waals surface area contributed by atoms with Crippen molar-refractivity contribution in [3.8, 4) is 0 Å². The topological polar surface area (TPSA) is 46.2 Å². The van der Waals surface area contributed by atoms with Crippen molar-refractivity contribution in [2.24, 2.45) is 0 Å². The van der Waals surface area contributed by atoms with Crippen molar-refractivity contribution in [3.63, 3.8) is 0 Å². The third-order valence-corrected chi connectivity index (χ3v) is 5.00. The maximum atomic E-state index is 11.5. The second-order valence-corrected chi connectivity index (χ2v) is 6.97. The van der Waals surface area contributed by atoms with Crippen LogP contribution in [0.2, 0.25) is 0 Å². The monoisotopic (exact) mass is 247 g/mol. The zero-order chi connectivity index (χ0) is 11.5. The number of sulfone groups is 1. The van der Waals surface area contributed by atoms with Crippen LogP contribution in [0, 0.1) is 0 Å². The fourth-order valence-corrected chi connectivity index (χ4v) is 3.16. The Kier molecular flexibility index (Phi) is 4.31. The Morgan fingerprint density at radius 2 is 2.20 bits per heavy atom. The minimum atomic E-state index is -3.01. The van der Waals surface area contributed by atoms with Crippen LogP contribution in [0.3, 0.4) is 0 Å². The van der Waals surface area contributed by atoms with Gasteiger partial charge in [-0.3, -0.25) is 0 Å². The van der Waals surface area contributed by atoms with Crippen molar-refractivity contribution in [2.45, 2.75) is 25.1 Å². The van der Waals surface area contributed by atoms with Crippen LogP contribution in [0.4, 0.5) is 0 Å². The second kappa shape index (κ2) is 5.09. The molecule has 2 atom stereocenters. The van der Waals surface area contributed by atoms with Gasteiger partial charge in [0.1, 0.15) is 0 Å². The second-order valence-electron chi connectivity index (χ2n) is 3.59. The summed E-state index contributed by atoms with van der Waals surface area (Å²) in [6, 6.07) is 3.82. The van der Waals surface area contributed by atoms with Crippen LogP contribution in [0.5, 0.6) is 0 Å². The number of nitrogens with one attached hydrogen (secondary N) is 1. The van der Waals surface area contributed by atoms with Gasteiger partial charge in [-0.15, -0.1) is 11.3 Å². The molecule has 2 unspecified atom stereocenters. The van der Waals surface area contributed by atoms with Crippen molar-refractivity contribution in [3.05, 3.63) is 22.4 Å². The number of hydrogen-bond acceptors (Lipinski definition) is 4. The van der Waals surface area contributed by atoms with E-state index in [1.807, 2.05) is 24.4 Å². The van der Waals surface area contributed by atoms with E-state index < -0.39 is 15.1 Å². The largest absolute Gasteiger partial charge is 0.308 e. The SMILES string of the molecule is CCNC(c1cccs1)C(C)S(C)(=O)=O. The molecule has 0 saturated heterocycles. The first-order valence-electron chi connectivity index (χ1n) is 4.92. The van der Waals surface area contributed by atoms with Crippen molar-refractivity contribution in [1.82, 2.24) is 5.32 Å². The molecular formula is C10H17NO2S2. The van der Waals surface area contributed by atoms with Crippen molar-refractivity contribution < 1.29 is 8.42 Å². The highest BCUT2D eigenvalue weighted by atomic mass is 32.2. The lowest BCUT2D eigenvalue weighted by Crippen LogP contribution is -2.34. The summed E-state index contributed by atoms with van der Waals surface area (Å²) in [4.78, 5) is 1.08. The standard InChI is InChI=1S/C10H17NO2S2/c1-4-11-10(8(2)15(3,12)13)9-6-5-7-14-9/h5-8,10-11H,4H2,1-3H3. The molecule has 0 aromatic carbocycles. The zero-order valence-electron chi connectivity index (χ0n) is 9.23. The van der Waals surface area contributed by atoms with Gasteiger partial charge in [0.15, 0.2) is 9.84 Å². The van der Waals surface area contributed by atoms with Crippen molar-refractivity contribution in [1.29, 1.82) is 0 Å². The summed E-state index contributed by atoms with van der Waals surface area (Å²) in [5.41, 5.74) is 0. The van der Waals surface area contributed by atoms with Crippen LogP contribution in [0.15, 0.2) is 17.5 Å². The Labute approximate surface area is 95.4 Å². The average molecular weight is 247 g/mol. The minimum Gasteiger partial charge on any atom is -0.308 e. The zero-order valence-corrected chi connectivity index (χ0v) is 10.9. The number of thiophene rings is 1. The van der Waals surface area contributed by atoms with E-state index in [1.165, 1.54) is 6.26 Å². The van der Waals surface area contributed by atoms with Gasteiger partial charge >= 0.3 is 0 Å². The lowest BCUT2D eigenvalue weighted by Gasteiger charge is -2.22. The van der Waals surface area contributed by atoms with Gasteiger partial charge in [-0.2, -0.15) is 0 Å². The van der Waals surface area contributed by atoms with Gasteiger partial charge in [0, 0.05) is 11.1 Å². The van der Waals surface area contributed by atoms with E-state index in [-0.39, 0.29) is 6.04 Å². The van der Waals surface area contributed by atoms with E-state index in [1.54, 1.807) is 18.3 Å². The summed E-state index contributed by atoms with van der Waals surface area (Å²) < 4.78 is 23.0. The van der Waals surface area contributed by atoms with Crippen LogP contribution in [-0.2, 0) is 9.84 Å². The maximum absolute atomic E-state index is 11.5. The van der Waals surface area contributed by atoms with E-state index in [2.05, 4.69) is 5.32 Å². The predicted octanol–water partition coefficient (Wildman–Crippen LogP) is 1.83. The summed E-state index contributed by atoms with van der Waals surface area (Å²) in [5, 5.41) is 4.80. The molecule has 1 rings (SSSR count). The van der Waals surface area contributed by atoms with Crippen molar-refractivity contribution >= 4 is 21.2 Å². The molecule has 1 aromatic heterocycles. The molecule has 3 nitrogen and oxygen atoms in total. The first kappa shape index (κ1) is 12.7. The van der Waals surface area contributed by atoms with Gasteiger partial charge in [-0.1, -0.05) is 13.0 Å². The van der Waals surface area contributed by atoms with Crippen LogP contribution < -0.4 is 5.32 Å². The normalized spacial score (nSPS) is 16.2. The molecule has 0 aliphatic carbocycles. The molecule has 1 heterocycles. The molecule has 0 amide bonds. The molecule has 0 spiro atoms. The Hall–Kier alpha value is -0.390. The lowest BCUT2D eigenvalue weighted by atomic mass is 10.2. The highest BCUT2D eigenvalue weighted by molar-refractivity contribution is 7.91. The van der Waals surface area contributed by atoms with Crippen LogP contribution in [0.25, 0.3) is 0 Å². The van der Waals surface area contributed by atoms with Gasteiger partial charge in [-0.05, 0) is 24.9 Å². The lowest BCUT2D eigenvalue weighted by molar-refractivity contribution is 0.518. The Morgan fingerprint density at radius 3 is 2.60 bits per heavy atom. The minimum absolute atomic E-state index is 0.0926. The molecule has 1 N–H and O–H groups in total. The highest BCUT2D eigenvalue weighted by Crippen LogP contribution is 2.25. The maximum Gasteiger partial charge on any atom is 0.151 e. The summed E-state index contributed by atoms with van der Waals surface area (Å²) in [7, 11) is -3.01. The fourth-order valence-electron chi connectivity index (χ4n) is 1.43. The first-order valence-corrected chi connectivity index (χ1v) is 7.76. The molecule has 86 valence electrons. The van der Waals surface area contributed by atoms with Crippen molar-refractivity contribution in [2.75, 3.05) is 12.8 Å². The van der Waals surface area contributed by atoms with E-state index in [0.29, 0.717) is 0 Å². The molecule has 0 fully saturated rings. The quantitative estimate of drug-likeness (QED) is 0.863. The Balaban J connectivity index is 2.93. The molecule has 15 heavy (non-hydrogen) atoms. The third-order valence-electron chi connectivity index (χ3n) is 2.42. The summed E-state index contributed by atoms with van der Waals surface area (Å²) in [6.07, 6.45) is 1.29. The van der Waals surface area contributed by atoms with Crippen LogP contribution in [-0.4, -0.2) is 26.5 Å². The van der Waals surface area contributed by atoms with Crippen LogP contribution in [0.1, 0.15) is 24.8 Å². The first-order chi connectivity index (χ1) is 6.96. The van der Waals surface area contributed by atoms with Gasteiger partial charge in [0.2, 0.25) is 0 Å². The summed E-state index contributed by atoms with van der Waals surface area (Å²) in [6.45, 7) is 4.50. The molecule has 0 aliphatic heterocycles. The Bertz CT molecular complexity index is 384. The van der Waals surface area contributed by atoms with E-state index >= 15 is 0 Å². The molecule has 1 aromatic rings. The molecule has 0 radical (unpaired) electrons. The van der Waals surface area contributed by atoms with Gasteiger partial charge in [0.05, 0.1) is 11.3 Å². The summed E-state index contributed by atoms with van der Waals surface area (Å²) >= 11 is 1.59. The highest BCUT2D eigenvalue weighted by Gasteiger charge is 2.27. The third kappa shape index (κ3) is 3.29. The Morgan fingerprint density at radius 1 is 1.53 bits per heavy atom. The molecule has 0 saturated carbocycles. The van der Waals surface area contributed by atoms with Crippen LogP contribution >= 0.6 is 11.3 Å². The van der Waals surface area contributed by atoms with E-state index in [0.717, 1.165) is 11.4 Å². The fraction of sp³-hybridized carbons (Fsp3) is 0.600. The molecular weight excluding hydrogens is 230 g/mol. The van der Waals surface area contributed by atoms with Gasteiger partial charge in [0.25, 0.3) is 0 Å². The number of hydrogen-bond donors (Lipinski definition) is 1. The molecule has 0 bridgehead atoms.